The summed E-state index contributed by atoms with van der Waals surface area (Å²) < 4.78 is 0. The second-order valence-electron chi connectivity index (χ2n) is 5.18. The number of benzene rings is 1. The van der Waals surface area contributed by atoms with Crippen LogP contribution in [0.15, 0.2) is 35.7 Å². The Balaban J connectivity index is 1.96. The number of anilines is 1. The maximum atomic E-state index is 12.4. The molecule has 0 radical (unpaired) electrons. The van der Waals surface area contributed by atoms with Gasteiger partial charge in [-0.05, 0) is 43.4 Å². The van der Waals surface area contributed by atoms with Gasteiger partial charge in [0.2, 0.25) is 11.8 Å². The smallest absolute Gasteiger partial charge is 0.245 e. The van der Waals surface area contributed by atoms with Gasteiger partial charge in [0.1, 0.15) is 5.75 Å². The molecule has 6 heteroatoms. The number of thioether (sulfide) groups is 1. The molecule has 0 unspecified atom stereocenters. The van der Waals surface area contributed by atoms with Crippen molar-refractivity contribution in [2.45, 2.75) is 17.7 Å². The van der Waals surface area contributed by atoms with Gasteiger partial charge >= 0.3 is 0 Å². The number of phenolic OH excluding ortho intramolecular Hbond substituents is 1. The molecule has 0 atom stereocenters. The van der Waals surface area contributed by atoms with Gasteiger partial charge in [0.05, 0.1) is 5.69 Å². The number of carbonyl (C=O) groups is 2. The Kier molecular flexibility index (Phi) is 5.49. The molecule has 0 spiro atoms. The number of hydrogen-bond donors (Lipinski definition) is 2. The maximum absolute atomic E-state index is 12.4. The minimum Gasteiger partial charge on any atom is -0.508 e. The predicted octanol–water partition coefficient (Wildman–Crippen LogP) is 2.48. The molecule has 2 amide bonds. The van der Waals surface area contributed by atoms with Crippen LogP contribution in [0, 0.1) is 5.92 Å². The first kappa shape index (κ1) is 16.4. The van der Waals surface area contributed by atoms with Gasteiger partial charge in [-0.15, -0.1) is 11.8 Å². The molecule has 118 valence electrons. The molecule has 2 N–H and O–H groups in total. The Bertz CT molecular complexity index is 581. The van der Waals surface area contributed by atoms with E-state index in [9.17, 15) is 14.7 Å². The lowest BCUT2D eigenvalue weighted by Crippen LogP contribution is -2.40. The second kappa shape index (κ2) is 7.35. The Labute approximate surface area is 134 Å². The zero-order chi connectivity index (χ0) is 16.1. The van der Waals surface area contributed by atoms with Gasteiger partial charge in [0.15, 0.2) is 0 Å². The number of aromatic hydroxyl groups is 1. The van der Waals surface area contributed by atoms with Crippen molar-refractivity contribution >= 4 is 29.3 Å². The predicted molar refractivity (Wildman–Crippen MR) is 88.0 cm³/mol. The van der Waals surface area contributed by atoms with E-state index in [1.165, 1.54) is 17.8 Å². The van der Waals surface area contributed by atoms with Crippen molar-refractivity contribution < 1.29 is 14.7 Å². The largest absolute Gasteiger partial charge is 0.508 e. The fourth-order valence-corrected chi connectivity index (χ4v) is 3.09. The average Bonchev–Trinajstić information content (AvgIpc) is 2.55. The summed E-state index contributed by atoms with van der Waals surface area (Å²) >= 11 is 1.47. The van der Waals surface area contributed by atoms with Crippen LogP contribution in [0.4, 0.5) is 5.69 Å². The lowest BCUT2D eigenvalue weighted by Gasteiger charge is -2.30. The molecule has 5 nitrogen and oxygen atoms in total. The molecule has 0 aromatic heterocycles. The summed E-state index contributed by atoms with van der Waals surface area (Å²) in [4.78, 5) is 26.4. The van der Waals surface area contributed by atoms with Crippen LogP contribution in [0.25, 0.3) is 0 Å². The van der Waals surface area contributed by atoms with E-state index in [-0.39, 0.29) is 23.5 Å². The second-order valence-corrected chi connectivity index (χ2v) is 6.03. The van der Waals surface area contributed by atoms with Crippen LogP contribution in [0.3, 0.4) is 0 Å². The highest BCUT2D eigenvalue weighted by Gasteiger charge is 2.26. The zero-order valence-corrected chi connectivity index (χ0v) is 13.4. The Morgan fingerprint density at radius 3 is 2.68 bits per heavy atom. The molecule has 22 heavy (non-hydrogen) atoms. The van der Waals surface area contributed by atoms with E-state index in [1.807, 2.05) is 6.26 Å². The number of piperidine rings is 1. The van der Waals surface area contributed by atoms with Crippen LogP contribution in [0.1, 0.15) is 12.8 Å². The molecule has 1 aliphatic heterocycles. The van der Waals surface area contributed by atoms with Crippen LogP contribution >= 0.6 is 11.8 Å². The van der Waals surface area contributed by atoms with E-state index in [4.69, 9.17) is 0 Å². The quantitative estimate of drug-likeness (QED) is 0.508. The number of phenols is 1. The van der Waals surface area contributed by atoms with Gasteiger partial charge < -0.3 is 15.3 Å². The van der Waals surface area contributed by atoms with Crippen molar-refractivity contribution in [1.82, 2.24) is 4.90 Å². The Hall–Kier alpha value is -1.95. The summed E-state index contributed by atoms with van der Waals surface area (Å²) in [6, 6.07) is 4.89. The maximum Gasteiger partial charge on any atom is 0.245 e. The Morgan fingerprint density at radius 1 is 1.41 bits per heavy atom. The van der Waals surface area contributed by atoms with Crippen LogP contribution in [-0.2, 0) is 9.59 Å². The van der Waals surface area contributed by atoms with E-state index in [0.717, 1.165) is 4.90 Å². The third kappa shape index (κ3) is 3.82. The van der Waals surface area contributed by atoms with Crippen molar-refractivity contribution in [2.75, 3.05) is 24.7 Å². The average molecular weight is 320 g/mol. The molecule has 1 fully saturated rings. The SMILES string of the molecule is C=CC(=O)N1CCC(C(=O)Nc2ccc(O)cc2SC)CC1. The molecular weight excluding hydrogens is 300 g/mol. The minimum absolute atomic E-state index is 0.0355. The summed E-state index contributed by atoms with van der Waals surface area (Å²) in [6.07, 6.45) is 4.50. The first-order valence-corrected chi connectivity index (χ1v) is 8.37. The molecule has 0 saturated carbocycles. The number of carbonyl (C=O) groups excluding carboxylic acids is 2. The minimum atomic E-state index is -0.0997. The standard InChI is InChI=1S/C16H20N2O3S/c1-3-15(20)18-8-6-11(7-9-18)16(21)17-13-5-4-12(19)10-14(13)22-2/h3-5,10-11,19H,1,6-9H2,2H3,(H,17,21). The number of hydrogen-bond acceptors (Lipinski definition) is 4. The lowest BCUT2D eigenvalue weighted by atomic mass is 9.95. The topological polar surface area (TPSA) is 69.6 Å². The van der Waals surface area contributed by atoms with Crippen molar-refractivity contribution in [3.63, 3.8) is 0 Å². The van der Waals surface area contributed by atoms with Gasteiger partial charge in [-0.3, -0.25) is 9.59 Å². The van der Waals surface area contributed by atoms with Gasteiger partial charge in [-0.25, -0.2) is 0 Å². The van der Waals surface area contributed by atoms with Gasteiger partial charge in [-0.1, -0.05) is 6.58 Å². The molecule has 0 bridgehead atoms. The first-order valence-electron chi connectivity index (χ1n) is 7.14. The summed E-state index contributed by atoms with van der Waals surface area (Å²) in [5.74, 6) is -0.0373. The molecular formula is C16H20N2O3S. The van der Waals surface area contributed by atoms with Crippen LogP contribution in [0.2, 0.25) is 0 Å². The normalized spacial score (nSPS) is 15.4. The highest BCUT2D eigenvalue weighted by atomic mass is 32.2. The molecule has 1 aromatic carbocycles. The van der Waals surface area contributed by atoms with E-state index in [2.05, 4.69) is 11.9 Å². The fourth-order valence-electron chi connectivity index (χ4n) is 2.51. The molecule has 2 rings (SSSR count). The molecule has 0 aliphatic carbocycles. The number of amides is 2. The van der Waals surface area contributed by atoms with Crippen molar-refractivity contribution in [1.29, 1.82) is 0 Å². The molecule has 1 heterocycles. The number of rotatable bonds is 4. The van der Waals surface area contributed by atoms with Gasteiger partial charge in [0.25, 0.3) is 0 Å². The number of nitrogens with zero attached hydrogens (tertiary/aromatic N) is 1. The van der Waals surface area contributed by atoms with Crippen LogP contribution in [0.5, 0.6) is 5.75 Å². The monoisotopic (exact) mass is 320 g/mol. The summed E-state index contributed by atoms with van der Waals surface area (Å²) in [5, 5.41) is 12.4. The van der Waals surface area contributed by atoms with Crippen molar-refractivity contribution in [3.8, 4) is 5.75 Å². The van der Waals surface area contributed by atoms with E-state index < -0.39 is 0 Å². The van der Waals surface area contributed by atoms with Crippen LogP contribution < -0.4 is 5.32 Å². The molecule has 1 aliphatic rings. The van der Waals surface area contributed by atoms with Crippen LogP contribution in [-0.4, -0.2) is 41.2 Å². The molecule has 1 aromatic rings. The summed E-state index contributed by atoms with van der Waals surface area (Å²) in [6.45, 7) is 4.63. The Morgan fingerprint density at radius 2 is 2.09 bits per heavy atom. The van der Waals surface area contributed by atoms with Gasteiger partial charge in [-0.2, -0.15) is 0 Å². The van der Waals surface area contributed by atoms with E-state index in [1.54, 1.807) is 23.1 Å². The number of likely N-dealkylation sites (tertiary alicyclic amines) is 1. The third-order valence-corrected chi connectivity index (χ3v) is 4.57. The highest BCUT2D eigenvalue weighted by molar-refractivity contribution is 7.98. The van der Waals surface area contributed by atoms with Crippen molar-refractivity contribution in [2.24, 2.45) is 5.92 Å². The zero-order valence-electron chi connectivity index (χ0n) is 12.5. The van der Waals surface area contributed by atoms with Crippen molar-refractivity contribution in [3.05, 3.63) is 30.9 Å². The summed E-state index contributed by atoms with van der Waals surface area (Å²) in [7, 11) is 0. The fraction of sp³-hybridized carbons (Fsp3) is 0.375. The van der Waals surface area contributed by atoms with Gasteiger partial charge in [0, 0.05) is 23.9 Å². The van der Waals surface area contributed by atoms with E-state index >= 15 is 0 Å². The summed E-state index contributed by atoms with van der Waals surface area (Å²) in [5.41, 5.74) is 0.708. The lowest BCUT2D eigenvalue weighted by molar-refractivity contribution is -0.130. The van der Waals surface area contributed by atoms with E-state index in [0.29, 0.717) is 31.6 Å². The first-order chi connectivity index (χ1) is 10.5. The highest BCUT2D eigenvalue weighted by Crippen LogP contribution is 2.30. The number of nitrogens with one attached hydrogen (secondary N) is 1. The molecule has 1 saturated heterocycles. The third-order valence-electron chi connectivity index (χ3n) is 3.80.